The molecule has 0 saturated carbocycles. The number of nitrogens with zero attached hydrogens (tertiary/aromatic N) is 3. The van der Waals surface area contributed by atoms with E-state index in [4.69, 9.17) is 11.6 Å². The third-order valence-electron chi connectivity index (χ3n) is 3.18. The van der Waals surface area contributed by atoms with Crippen LogP contribution in [0.4, 0.5) is 5.82 Å². The van der Waals surface area contributed by atoms with Crippen LogP contribution in [0.1, 0.15) is 38.6 Å². The van der Waals surface area contributed by atoms with Gasteiger partial charge in [0.05, 0.1) is 0 Å². The van der Waals surface area contributed by atoms with Gasteiger partial charge in [-0.3, -0.25) is 4.79 Å². The Morgan fingerprint density at radius 1 is 1.40 bits per heavy atom. The lowest BCUT2D eigenvalue weighted by atomic mass is 10.2. The van der Waals surface area contributed by atoms with E-state index >= 15 is 0 Å². The molecule has 0 aliphatic rings. The van der Waals surface area contributed by atoms with Crippen LogP contribution in [-0.2, 0) is 11.2 Å². The second-order valence-electron chi connectivity index (χ2n) is 4.87. The van der Waals surface area contributed by atoms with Crippen molar-refractivity contribution in [3.63, 3.8) is 0 Å². The minimum Gasteiger partial charge on any atom is -0.358 e. The molecule has 1 N–H and O–H groups in total. The summed E-state index contributed by atoms with van der Waals surface area (Å²) in [6.07, 6.45) is 1.72. The highest BCUT2D eigenvalue weighted by Gasteiger charge is 2.18. The number of aromatic nitrogens is 2. The van der Waals surface area contributed by atoms with Crippen LogP contribution in [0.5, 0.6) is 0 Å². The summed E-state index contributed by atoms with van der Waals surface area (Å²) < 4.78 is 0. The van der Waals surface area contributed by atoms with Gasteiger partial charge < -0.3 is 10.2 Å². The number of carbonyl (C=O) groups is 1. The summed E-state index contributed by atoms with van der Waals surface area (Å²) >= 11 is 6.12. The maximum atomic E-state index is 12.1. The molecule has 0 aliphatic heterocycles. The molecular formula is C14H23ClN4O. The van der Waals surface area contributed by atoms with E-state index in [0.29, 0.717) is 23.3 Å². The second kappa shape index (κ2) is 7.43. The lowest BCUT2D eigenvalue weighted by molar-refractivity contribution is -0.130. The summed E-state index contributed by atoms with van der Waals surface area (Å²) in [5.41, 5.74) is 0.769. The highest BCUT2D eigenvalue weighted by molar-refractivity contribution is 6.30. The van der Waals surface area contributed by atoms with Crippen molar-refractivity contribution in [2.75, 3.05) is 18.9 Å². The number of nitrogens with one attached hydrogen (secondary N) is 1. The van der Waals surface area contributed by atoms with Crippen LogP contribution in [0.25, 0.3) is 0 Å². The Kier molecular flexibility index (Phi) is 6.20. The Balaban J connectivity index is 2.93. The molecule has 0 saturated heterocycles. The Morgan fingerprint density at radius 2 is 2.05 bits per heavy atom. The summed E-state index contributed by atoms with van der Waals surface area (Å²) in [4.78, 5) is 22.4. The molecule has 0 fully saturated rings. The Morgan fingerprint density at radius 3 is 2.60 bits per heavy atom. The highest BCUT2D eigenvalue weighted by atomic mass is 35.5. The van der Waals surface area contributed by atoms with Gasteiger partial charge in [-0.25, -0.2) is 9.97 Å². The third kappa shape index (κ3) is 4.07. The SMILES string of the molecule is CCCc1nc(Cl)c(C)c(NC(C)C(=O)N(C)CC)n1. The zero-order valence-corrected chi connectivity index (χ0v) is 13.6. The predicted octanol–water partition coefficient (Wildman–Crippen LogP) is 2.67. The zero-order chi connectivity index (χ0) is 15.3. The number of anilines is 1. The summed E-state index contributed by atoms with van der Waals surface area (Å²) in [5.74, 6) is 1.37. The molecule has 1 rings (SSSR count). The van der Waals surface area contributed by atoms with Gasteiger partial charge in [0.25, 0.3) is 0 Å². The van der Waals surface area contributed by atoms with E-state index in [9.17, 15) is 4.79 Å². The van der Waals surface area contributed by atoms with Crippen LogP contribution in [0.2, 0.25) is 5.15 Å². The molecule has 20 heavy (non-hydrogen) atoms. The fourth-order valence-corrected chi connectivity index (χ4v) is 1.95. The van der Waals surface area contributed by atoms with Crippen molar-refractivity contribution in [1.82, 2.24) is 14.9 Å². The van der Waals surface area contributed by atoms with Gasteiger partial charge in [-0.2, -0.15) is 0 Å². The van der Waals surface area contributed by atoms with Crippen molar-refractivity contribution in [2.24, 2.45) is 0 Å². The van der Waals surface area contributed by atoms with Crippen molar-refractivity contribution < 1.29 is 4.79 Å². The van der Waals surface area contributed by atoms with Crippen molar-refractivity contribution in [3.8, 4) is 0 Å². The van der Waals surface area contributed by atoms with Crippen LogP contribution in [0, 0.1) is 6.92 Å². The minimum absolute atomic E-state index is 0.0266. The Labute approximate surface area is 125 Å². The molecule has 1 amide bonds. The topological polar surface area (TPSA) is 58.1 Å². The molecule has 0 aliphatic carbocycles. The molecule has 112 valence electrons. The van der Waals surface area contributed by atoms with Crippen LogP contribution >= 0.6 is 11.6 Å². The van der Waals surface area contributed by atoms with Crippen LogP contribution in [0.3, 0.4) is 0 Å². The summed E-state index contributed by atoms with van der Waals surface area (Å²) in [7, 11) is 1.78. The smallest absolute Gasteiger partial charge is 0.244 e. The van der Waals surface area contributed by atoms with E-state index in [1.54, 1.807) is 11.9 Å². The maximum absolute atomic E-state index is 12.1. The average Bonchev–Trinajstić information content (AvgIpc) is 2.42. The Hall–Kier alpha value is -1.36. The molecule has 0 bridgehead atoms. The van der Waals surface area contributed by atoms with E-state index in [-0.39, 0.29) is 11.9 Å². The molecule has 1 aromatic rings. The van der Waals surface area contributed by atoms with Gasteiger partial charge in [-0.15, -0.1) is 0 Å². The first-order chi connectivity index (χ1) is 9.40. The highest BCUT2D eigenvalue weighted by Crippen LogP contribution is 2.21. The molecule has 0 spiro atoms. The number of rotatable bonds is 6. The number of amides is 1. The molecular weight excluding hydrogens is 276 g/mol. The maximum Gasteiger partial charge on any atom is 0.244 e. The molecule has 1 aromatic heterocycles. The van der Waals surface area contributed by atoms with Crippen LogP contribution < -0.4 is 5.32 Å². The summed E-state index contributed by atoms with van der Waals surface area (Å²) in [5, 5.41) is 3.58. The van der Waals surface area contributed by atoms with E-state index in [1.165, 1.54) is 0 Å². The van der Waals surface area contributed by atoms with Gasteiger partial charge in [-0.1, -0.05) is 18.5 Å². The molecule has 0 radical (unpaired) electrons. The van der Waals surface area contributed by atoms with Gasteiger partial charge in [0, 0.05) is 25.6 Å². The minimum atomic E-state index is -0.348. The monoisotopic (exact) mass is 298 g/mol. The molecule has 1 heterocycles. The molecule has 1 unspecified atom stereocenters. The van der Waals surface area contributed by atoms with E-state index in [0.717, 1.165) is 18.4 Å². The van der Waals surface area contributed by atoms with Crippen molar-refractivity contribution in [3.05, 3.63) is 16.5 Å². The van der Waals surface area contributed by atoms with Gasteiger partial charge in [0.15, 0.2) is 0 Å². The molecule has 1 atom stereocenters. The third-order valence-corrected chi connectivity index (χ3v) is 3.55. The average molecular weight is 299 g/mol. The van der Waals surface area contributed by atoms with E-state index in [2.05, 4.69) is 22.2 Å². The fourth-order valence-electron chi connectivity index (χ4n) is 1.76. The van der Waals surface area contributed by atoms with Crippen LogP contribution in [0.15, 0.2) is 0 Å². The van der Waals surface area contributed by atoms with Gasteiger partial charge in [0.2, 0.25) is 5.91 Å². The second-order valence-corrected chi connectivity index (χ2v) is 5.23. The first kappa shape index (κ1) is 16.7. The van der Waals surface area contributed by atoms with Gasteiger partial charge in [0.1, 0.15) is 22.8 Å². The number of carbonyl (C=O) groups excluding carboxylic acids is 1. The normalized spacial score (nSPS) is 12.1. The largest absolute Gasteiger partial charge is 0.358 e. The van der Waals surface area contributed by atoms with E-state index in [1.807, 2.05) is 20.8 Å². The van der Waals surface area contributed by atoms with Crippen molar-refractivity contribution in [2.45, 2.75) is 46.6 Å². The quantitative estimate of drug-likeness (QED) is 0.820. The number of likely N-dealkylation sites (N-methyl/N-ethyl adjacent to an activating group) is 1. The number of aryl methyl sites for hydroxylation is 1. The van der Waals surface area contributed by atoms with Crippen molar-refractivity contribution >= 4 is 23.3 Å². The standard InChI is InChI=1S/C14H23ClN4O/c1-6-8-11-17-12(15)9(3)13(18-11)16-10(4)14(20)19(5)7-2/h10H,6-8H2,1-5H3,(H,16,17,18). The van der Waals surface area contributed by atoms with Gasteiger partial charge in [-0.05, 0) is 27.2 Å². The summed E-state index contributed by atoms with van der Waals surface area (Å²) in [6.45, 7) is 8.35. The lowest BCUT2D eigenvalue weighted by Gasteiger charge is -2.22. The lowest BCUT2D eigenvalue weighted by Crippen LogP contribution is -2.39. The first-order valence-electron chi connectivity index (χ1n) is 6.95. The van der Waals surface area contributed by atoms with Crippen LogP contribution in [-0.4, -0.2) is 40.4 Å². The fraction of sp³-hybridized carbons (Fsp3) is 0.643. The number of halogens is 1. The number of hydrogen-bond acceptors (Lipinski definition) is 4. The molecule has 6 heteroatoms. The summed E-state index contributed by atoms with van der Waals surface area (Å²) in [6, 6.07) is -0.348. The Bertz CT molecular complexity index is 478. The zero-order valence-electron chi connectivity index (χ0n) is 12.8. The molecule has 0 aromatic carbocycles. The number of hydrogen-bond donors (Lipinski definition) is 1. The van der Waals surface area contributed by atoms with E-state index < -0.39 is 0 Å². The predicted molar refractivity (Wildman–Crippen MR) is 82.2 cm³/mol. The first-order valence-corrected chi connectivity index (χ1v) is 7.33. The molecule has 5 nitrogen and oxygen atoms in total. The van der Waals surface area contributed by atoms with Crippen molar-refractivity contribution in [1.29, 1.82) is 0 Å². The van der Waals surface area contributed by atoms with Gasteiger partial charge >= 0.3 is 0 Å².